The van der Waals surface area contributed by atoms with Gasteiger partial charge in [-0.2, -0.15) is 0 Å². The quantitative estimate of drug-likeness (QED) is 0.242. The van der Waals surface area contributed by atoms with Crippen molar-refractivity contribution in [3.05, 3.63) is 52.8 Å². The Labute approximate surface area is 242 Å². The molecule has 2 saturated carbocycles. The number of benzene rings is 1. The van der Waals surface area contributed by atoms with Crippen LogP contribution in [0.15, 0.2) is 47.2 Å². The molecule has 5 nitrogen and oxygen atoms in total. The fourth-order valence-electron chi connectivity index (χ4n) is 10.6. The number of rotatable bonds is 1. The van der Waals surface area contributed by atoms with E-state index in [9.17, 15) is 9.59 Å². The Morgan fingerprint density at radius 3 is 2.53 bits per heavy atom. The molecule has 1 aromatic rings. The van der Waals surface area contributed by atoms with Gasteiger partial charge in [-0.05, 0) is 0 Å². The fourth-order valence-corrected chi connectivity index (χ4v) is 13.5. The third-order valence-corrected chi connectivity index (χ3v) is 13.4. The number of nitrogens with one attached hydrogen (secondary N) is 1. The normalized spacial score (nSPS) is 46.7. The van der Waals surface area contributed by atoms with E-state index in [1.807, 2.05) is 0 Å². The predicted octanol–water partition coefficient (Wildman–Crippen LogP) is 5.40. The zero-order valence-electron chi connectivity index (χ0n) is 23.3. The van der Waals surface area contributed by atoms with Crippen LogP contribution in [0, 0.1) is 52.3 Å². The van der Waals surface area contributed by atoms with Crippen LogP contribution in [0.25, 0.3) is 0 Å². The van der Waals surface area contributed by atoms with E-state index in [1.54, 1.807) is 0 Å². The molecule has 0 spiro atoms. The molecule has 3 aliphatic carbocycles. The van der Waals surface area contributed by atoms with Gasteiger partial charge < -0.3 is 0 Å². The maximum absolute atomic E-state index is 13.5. The number of ether oxygens (including phenoxy) is 2. The van der Waals surface area contributed by atoms with Gasteiger partial charge in [-0.3, -0.25) is 0 Å². The monoisotopic (exact) mass is 702 g/mol. The van der Waals surface area contributed by atoms with Crippen molar-refractivity contribution in [1.82, 2.24) is 5.32 Å². The van der Waals surface area contributed by atoms with E-state index in [2.05, 4.69) is 70.3 Å². The molecule has 6 heteroatoms. The van der Waals surface area contributed by atoms with E-state index in [4.69, 9.17) is 9.47 Å². The summed E-state index contributed by atoms with van der Waals surface area (Å²) in [7, 11) is 0. The molecule has 11 unspecified atom stereocenters. The molecule has 0 radical (unpaired) electrons. The average molecular weight is 701 g/mol. The zero-order chi connectivity index (χ0) is 26.7. The van der Waals surface area contributed by atoms with Gasteiger partial charge in [0.25, 0.3) is 0 Å². The number of imide groups is 1. The molecule has 2 saturated heterocycles. The van der Waals surface area contributed by atoms with Crippen LogP contribution in [-0.2, 0) is 46.9 Å². The molecule has 4 aliphatic heterocycles. The van der Waals surface area contributed by atoms with Gasteiger partial charge in [0.05, 0.1) is 0 Å². The first-order valence-electron chi connectivity index (χ1n) is 14.6. The van der Waals surface area contributed by atoms with Crippen LogP contribution < -0.4 is 10.1 Å². The van der Waals surface area contributed by atoms with Crippen molar-refractivity contribution in [2.24, 2.45) is 52.3 Å². The van der Waals surface area contributed by atoms with Crippen molar-refractivity contribution in [1.29, 1.82) is 0 Å². The number of amides is 2. The SMILES string of the molecule is CC1=CC2(C)C([CH2][Hg])OC3=C4C(=O)NC(=O)C4Cc4ccc(cc4)OC4C(C32)C1C1(C)CC(C)CC(C)C41. The van der Waals surface area contributed by atoms with Gasteiger partial charge in [0.1, 0.15) is 0 Å². The Balaban J connectivity index is 1.53. The van der Waals surface area contributed by atoms with Gasteiger partial charge >= 0.3 is 243 Å². The van der Waals surface area contributed by atoms with Gasteiger partial charge in [-0.1, -0.05) is 0 Å². The van der Waals surface area contributed by atoms with Crippen LogP contribution >= 0.6 is 0 Å². The molecular weight excluding hydrogens is 663 g/mol. The van der Waals surface area contributed by atoms with Crippen molar-refractivity contribution >= 4 is 11.8 Å². The third-order valence-electron chi connectivity index (χ3n) is 11.4. The molecule has 11 atom stereocenters. The molecule has 2 bridgehead atoms. The number of hydrogen-bond acceptors (Lipinski definition) is 4. The van der Waals surface area contributed by atoms with E-state index in [-0.39, 0.29) is 46.7 Å². The molecule has 4 heterocycles. The molecular formula is C32H38HgNO4. The summed E-state index contributed by atoms with van der Waals surface area (Å²) < 4.78 is 15.1. The Kier molecular flexibility index (Phi) is 5.63. The molecule has 4 fully saturated rings. The fraction of sp³-hybridized carbons (Fsp3) is 0.625. The summed E-state index contributed by atoms with van der Waals surface area (Å²) in [4.78, 5) is 26.7. The molecule has 1 aromatic carbocycles. The third kappa shape index (κ3) is 3.26. The van der Waals surface area contributed by atoms with Crippen molar-refractivity contribution < 1.29 is 45.2 Å². The van der Waals surface area contributed by atoms with Crippen LogP contribution in [0.3, 0.4) is 0 Å². The first-order chi connectivity index (χ1) is 18.1. The van der Waals surface area contributed by atoms with Crippen molar-refractivity contribution in [2.45, 2.75) is 70.0 Å². The van der Waals surface area contributed by atoms with Crippen molar-refractivity contribution in [3.63, 3.8) is 0 Å². The molecule has 8 rings (SSSR count). The summed E-state index contributed by atoms with van der Waals surface area (Å²) in [6.07, 6.45) is 5.52. The number of carbonyl (C=O) groups excluding carboxylic acids is 2. The van der Waals surface area contributed by atoms with Crippen LogP contribution in [0.5, 0.6) is 5.75 Å². The van der Waals surface area contributed by atoms with Gasteiger partial charge in [0, 0.05) is 0 Å². The molecule has 0 aromatic heterocycles. The summed E-state index contributed by atoms with van der Waals surface area (Å²) >= 11 is 0.547. The van der Waals surface area contributed by atoms with Crippen LogP contribution in [0.2, 0.25) is 3.93 Å². The second-order valence-electron chi connectivity index (χ2n) is 13.8. The molecule has 7 aliphatic rings. The number of fused-ring (bicyclic) bond motifs is 4. The molecule has 197 valence electrons. The first kappa shape index (κ1) is 25.3. The minimum atomic E-state index is -0.507. The number of hydrogen-bond donors (Lipinski definition) is 1. The summed E-state index contributed by atoms with van der Waals surface area (Å²) in [5.41, 5.74) is 3.01. The second-order valence-corrected chi connectivity index (χ2v) is 16.1. The van der Waals surface area contributed by atoms with Crippen LogP contribution in [0.1, 0.15) is 53.0 Å². The Morgan fingerprint density at radius 1 is 1.08 bits per heavy atom. The van der Waals surface area contributed by atoms with Gasteiger partial charge in [-0.25, -0.2) is 0 Å². The van der Waals surface area contributed by atoms with Crippen LogP contribution in [-0.4, -0.2) is 24.0 Å². The van der Waals surface area contributed by atoms with E-state index < -0.39 is 5.92 Å². The second kappa shape index (κ2) is 8.44. The summed E-state index contributed by atoms with van der Waals surface area (Å²) in [6.45, 7) is 12.1. The summed E-state index contributed by atoms with van der Waals surface area (Å²) in [5.74, 6) is 3.00. The van der Waals surface area contributed by atoms with E-state index >= 15 is 0 Å². The Bertz CT molecular complexity index is 1280. The zero-order valence-corrected chi connectivity index (χ0v) is 28.7. The number of carbonyl (C=O) groups is 2. The van der Waals surface area contributed by atoms with Crippen molar-refractivity contribution in [3.8, 4) is 5.75 Å². The van der Waals surface area contributed by atoms with Gasteiger partial charge in [-0.15, -0.1) is 0 Å². The van der Waals surface area contributed by atoms with E-state index in [1.165, 1.54) is 18.4 Å². The number of allylic oxidation sites excluding steroid dienone is 2. The van der Waals surface area contributed by atoms with Crippen molar-refractivity contribution in [2.75, 3.05) is 0 Å². The summed E-state index contributed by atoms with van der Waals surface area (Å²) in [6, 6.07) is 8.29. The van der Waals surface area contributed by atoms with E-state index in [0.717, 1.165) is 21.0 Å². The van der Waals surface area contributed by atoms with Gasteiger partial charge in [0.2, 0.25) is 0 Å². The molecule has 38 heavy (non-hydrogen) atoms. The summed E-state index contributed by atoms with van der Waals surface area (Å²) in [5, 5.41) is 2.67. The maximum atomic E-state index is 13.5. The topological polar surface area (TPSA) is 64.6 Å². The Hall–Kier alpha value is -1.62. The predicted molar refractivity (Wildman–Crippen MR) is 139 cm³/mol. The minimum absolute atomic E-state index is 0.0290. The first-order valence-corrected chi connectivity index (χ1v) is 18.5. The average Bonchev–Trinajstić information content (AvgIpc) is 3.37. The van der Waals surface area contributed by atoms with E-state index in [0.29, 0.717) is 61.8 Å². The Morgan fingerprint density at radius 2 is 1.82 bits per heavy atom. The standard InChI is InChI=1S/C32H38NO4.Hg/c1-15-11-16(2)25-28-23-24(32(25,6)13-15)17(3)14-31(5)18(4)36-27(26(23)31)22-21(29(34)33-30(22)35)12-19-7-9-20(37-28)10-8-19;/h7-10,14-16,18,21,23-26,28H,4,11-13H2,1-3,5-6H3,(H,33,34,35);. The molecule has 2 amide bonds. The van der Waals surface area contributed by atoms with Gasteiger partial charge in [0.15, 0.2) is 0 Å². The van der Waals surface area contributed by atoms with Crippen LogP contribution in [0.4, 0.5) is 0 Å². The molecule has 1 N–H and O–H groups in total.